The molecule has 0 unspecified atom stereocenters. The van der Waals surface area contributed by atoms with Crippen molar-refractivity contribution in [2.75, 3.05) is 12.4 Å². The summed E-state index contributed by atoms with van der Waals surface area (Å²) in [5.74, 6) is 1.38. The predicted molar refractivity (Wildman–Crippen MR) is 110 cm³/mol. The molecule has 2 heterocycles. The number of aryl methyl sites for hydroxylation is 1. The van der Waals surface area contributed by atoms with Crippen molar-refractivity contribution < 1.29 is 14.1 Å². The molecule has 0 aliphatic heterocycles. The first kappa shape index (κ1) is 18.5. The van der Waals surface area contributed by atoms with Gasteiger partial charge in [0.25, 0.3) is 5.89 Å². The number of nitrogens with one attached hydrogen (secondary N) is 1. The summed E-state index contributed by atoms with van der Waals surface area (Å²) < 4.78 is 12.4. The topological polar surface area (TPSA) is 82.2 Å². The minimum absolute atomic E-state index is 0.113. The summed E-state index contributed by atoms with van der Waals surface area (Å²) in [6.45, 7) is 2.14. The fourth-order valence-electron chi connectivity index (χ4n) is 2.95. The summed E-state index contributed by atoms with van der Waals surface area (Å²) in [6, 6.07) is 18.8. The van der Waals surface area contributed by atoms with Crippen LogP contribution in [0.1, 0.15) is 5.56 Å². The standard InChI is InChI=1S/C22H20N4O3/c1-15-8-10-16(11-9-15)21-24-22(29-25-21)19-7-4-12-26(19)14-20(27)23-17-5-3-6-18(13-17)28-2/h3-13H,14H2,1-2H3,(H,23,27). The monoisotopic (exact) mass is 388 g/mol. The van der Waals surface area contributed by atoms with Crippen molar-refractivity contribution in [2.45, 2.75) is 13.5 Å². The molecule has 2 aromatic carbocycles. The molecule has 2 aromatic heterocycles. The molecule has 1 amide bonds. The van der Waals surface area contributed by atoms with E-state index in [2.05, 4.69) is 15.5 Å². The highest BCUT2D eigenvalue weighted by molar-refractivity contribution is 5.91. The Kier molecular flexibility index (Phi) is 5.11. The zero-order chi connectivity index (χ0) is 20.2. The summed E-state index contributed by atoms with van der Waals surface area (Å²) in [5.41, 5.74) is 3.38. The van der Waals surface area contributed by atoms with E-state index >= 15 is 0 Å². The van der Waals surface area contributed by atoms with Crippen LogP contribution in [0.3, 0.4) is 0 Å². The number of nitrogens with zero attached hydrogens (tertiary/aromatic N) is 3. The van der Waals surface area contributed by atoms with Crippen molar-refractivity contribution in [3.8, 4) is 28.7 Å². The number of benzene rings is 2. The lowest BCUT2D eigenvalue weighted by molar-refractivity contribution is -0.116. The van der Waals surface area contributed by atoms with Crippen LogP contribution < -0.4 is 10.1 Å². The summed E-state index contributed by atoms with van der Waals surface area (Å²) in [7, 11) is 1.59. The molecule has 146 valence electrons. The molecule has 0 bridgehead atoms. The lowest BCUT2D eigenvalue weighted by Crippen LogP contribution is -2.18. The van der Waals surface area contributed by atoms with Gasteiger partial charge in [0.2, 0.25) is 11.7 Å². The Morgan fingerprint density at radius 2 is 1.97 bits per heavy atom. The van der Waals surface area contributed by atoms with Crippen LogP contribution in [0.15, 0.2) is 71.4 Å². The first-order valence-electron chi connectivity index (χ1n) is 9.12. The quantitative estimate of drug-likeness (QED) is 0.536. The maximum absolute atomic E-state index is 12.5. The van der Waals surface area contributed by atoms with Gasteiger partial charge in [0, 0.05) is 23.5 Å². The summed E-state index contributed by atoms with van der Waals surface area (Å²) >= 11 is 0. The number of hydrogen-bond donors (Lipinski definition) is 1. The molecule has 4 rings (SSSR count). The summed E-state index contributed by atoms with van der Waals surface area (Å²) in [6.07, 6.45) is 1.80. The molecule has 0 atom stereocenters. The Balaban J connectivity index is 1.50. The molecule has 0 spiro atoms. The van der Waals surface area contributed by atoms with Gasteiger partial charge in [0.15, 0.2) is 0 Å². The Hall–Kier alpha value is -3.87. The number of hydrogen-bond acceptors (Lipinski definition) is 5. The van der Waals surface area contributed by atoms with Crippen LogP contribution in [-0.2, 0) is 11.3 Å². The van der Waals surface area contributed by atoms with Crippen molar-refractivity contribution in [3.63, 3.8) is 0 Å². The van der Waals surface area contributed by atoms with Crippen molar-refractivity contribution >= 4 is 11.6 Å². The van der Waals surface area contributed by atoms with Gasteiger partial charge >= 0.3 is 0 Å². The number of anilines is 1. The third kappa shape index (κ3) is 4.19. The van der Waals surface area contributed by atoms with E-state index in [-0.39, 0.29) is 12.5 Å². The lowest BCUT2D eigenvalue weighted by atomic mass is 10.1. The minimum Gasteiger partial charge on any atom is -0.497 e. The Labute approximate surface area is 167 Å². The van der Waals surface area contributed by atoms with Gasteiger partial charge in [-0.15, -0.1) is 0 Å². The Bertz CT molecular complexity index is 1130. The smallest absolute Gasteiger partial charge is 0.274 e. The second-order valence-corrected chi connectivity index (χ2v) is 6.59. The highest BCUT2D eigenvalue weighted by Gasteiger charge is 2.15. The Morgan fingerprint density at radius 1 is 1.14 bits per heavy atom. The highest BCUT2D eigenvalue weighted by atomic mass is 16.5. The van der Waals surface area contributed by atoms with Crippen LogP contribution in [0.2, 0.25) is 0 Å². The SMILES string of the molecule is COc1cccc(NC(=O)Cn2cccc2-c2nc(-c3ccc(C)cc3)no2)c1. The number of aromatic nitrogens is 3. The number of amides is 1. The third-order valence-corrected chi connectivity index (χ3v) is 4.45. The van der Waals surface area contributed by atoms with E-state index in [0.717, 1.165) is 11.1 Å². The molecular weight excluding hydrogens is 368 g/mol. The summed E-state index contributed by atoms with van der Waals surface area (Å²) in [5, 5.41) is 6.93. The molecular formula is C22H20N4O3. The van der Waals surface area contributed by atoms with E-state index in [1.54, 1.807) is 23.9 Å². The largest absolute Gasteiger partial charge is 0.497 e. The van der Waals surface area contributed by atoms with Gasteiger partial charge in [0.05, 0.1) is 7.11 Å². The van der Waals surface area contributed by atoms with E-state index < -0.39 is 0 Å². The second-order valence-electron chi connectivity index (χ2n) is 6.59. The zero-order valence-electron chi connectivity index (χ0n) is 16.1. The second kappa shape index (κ2) is 8.02. The van der Waals surface area contributed by atoms with Crippen molar-refractivity contribution in [1.82, 2.24) is 14.7 Å². The van der Waals surface area contributed by atoms with Crippen LogP contribution in [0.5, 0.6) is 5.75 Å². The number of carbonyl (C=O) groups excluding carboxylic acids is 1. The van der Waals surface area contributed by atoms with Gasteiger partial charge in [-0.3, -0.25) is 4.79 Å². The van der Waals surface area contributed by atoms with Crippen molar-refractivity contribution in [2.24, 2.45) is 0 Å². The minimum atomic E-state index is -0.172. The van der Waals surface area contributed by atoms with Crippen LogP contribution >= 0.6 is 0 Å². The molecule has 0 saturated heterocycles. The molecule has 7 nitrogen and oxygen atoms in total. The Morgan fingerprint density at radius 3 is 2.76 bits per heavy atom. The van der Waals surface area contributed by atoms with E-state index in [9.17, 15) is 4.79 Å². The molecule has 0 saturated carbocycles. The van der Waals surface area contributed by atoms with Crippen LogP contribution in [-0.4, -0.2) is 27.7 Å². The number of ether oxygens (including phenoxy) is 1. The van der Waals surface area contributed by atoms with Gasteiger partial charge in [-0.1, -0.05) is 41.1 Å². The molecule has 4 aromatic rings. The molecule has 29 heavy (non-hydrogen) atoms. The predicted octanol–water partition coefficient (Wildman–Crippen LogP) is 4.16. The molecule has 0 aliphatic rings. The van der Waals surface area contributed by atoms with E-state index in [1.165, 1.54) is 0 Å². The van der Waals surface area contributed by atoms with Gasteiger partial charge in [0.1, 0.15) is 18.0 Å². The molecule has 1 N–H and O–H groups in total. The number of methoxy groups -OCH3 is 1. The van der Waals surface area contributed by atoms with Crippen LogP contribution in [0.4, 0.5) is 5.69 Å². The molecule has 0 radical (unpaired) electrons. The van der Waals surface area contributed by atoms with Crippen molar-refractivity contribution in [1.29, 1.82) is 0 Å². The fourth-order valence-corrected chi connectivity index (χ4v) is 2.95. The van der Waals surface area contributed by atoms with Gasteiger partial charge < -0.3 is 19.1 Å². The molecule has 0 aliphatic carbocycles. The third-order valence-electron chi connectivity index (χ3n) is 4.45. The molecule has 0 fully saturated rings. The fraction of sp³-hybridized carbons (Fsp3) is 0.136. The van der Waals surface area contributed by atoms with E-state index in [0.29, 0.717) is 28.8 Å². The van der Waals surface area contributed by atoms with E-state index in [4.69, 9.17) is 9.26 Å². The van der Waals surface area contributed by atoms with Gasteiger partial charge in [-0.25, -0.2) is 0 Å². The van der Waals surface area contributed by atoms with Crippen LogP contribution in [0.25, 0.3) is 23.0 Å². The zero-order valence-corrected chi connectivity index (χ0v) is 16.1. The number of rotatable bonds is 6. The van der Waals surface area contributed by atoms with Gasteiger partial charge in [-0.2, -0.15) is 4.98 Å². The average molecular weight is 388 g/mol. The first-order valence-corrected chi connectivity index (χ1v) is 9.12. The summed E-state index contributed by atoms with van der Waals surface area (Å²) in [4.78, 5) is 17.0. The van der Waals surface area contributed by atoms with E-state index in [1.807, 2.05) is 61.5 Å². The highest BCUT2D eigenvalue weighted by Crippen LogP contribution is 2.23. The average Bonchev–Trinajstić information content (AvgIpc) is 3.38. The first-order chi connectivity index (χ1) is 14.1. The number of carbonyl (C=O) groups is 1. The van der Waals surface area contributed by atoms with Crippen molar-refractivity contribution in [3.05, 3.63) is 72.4 Å². The van der Waals surface area contributed by atoms with Crippen LogP contribution in [0, 0.1) is 6.92 Å². The molecule has 7 heteroatoms. The maximum Gasteiger partial charge on any atom is 0.274 e. The maximum atomic E-state index is 12.5. The normalized spacial score (nSPS) is 10.7. The lowest BCUT2D eigenvalue weighted by Gasteiger charge is -2.09. The van der Waals surface area contributed by atoms with Gasteiger partial charge in [-0.05, 0) is 31.2 Å².